The third kappa shape index (κ3) is 11.2. The Labute approximate surface area is 273 Å². The van der Waals surface area contributed by atoms with E-state index in [0.29, 0.717) is 10.8 Å². The van der Waals surface area contributed by atoms with Crippen molar-refractivity contribution in [3.8, 4) is 0 Å². The van der Waals surface area contributed by atoms with Crippen LogP contribution in [0.25, 0.3) is 0 Å². The Hall–Kier alpha value is -1.29. The van der Waals surface area contributed by atoms with Crippen molar-refractivity contribution in [3.05, 3.63) is 23.9 Å². The molecule has 3 aliphatic rings. The first-order valence-corrected chi connectivity index (χ1v) is 19.0. The highest BCUT2D eigenvalue weighted by atomic mass is 16.5. The van der Waals surface area contributed by atoms with E-state index in [4.69, 9.17) is 4.74 Å². The molecule has 2 fully saturated rings. The van der Waals surface area contributed by atoms with Gasteiger partial charge in [0.2, 0.25) is 0 Å². The lowest BCUT2D eigenvalue weighted by molar-refractivity contribution is -0.143. The summed E-state index contributed by atoms with van der Waals surface area (Å²) in [7, 11) is 4.09. The van der Waals surface area contributed by atoms with E-state index < -0.39 is 0 Å². The van der Waals surface area contributed by atoms with Crippen molar-refractivity contribution in [1.29, 1.82) is 0 Å². The van der Waals surface area contributed by atoms with Gasteiger partial charge in [-0.15, -0.1) is 0 Å². The van der Waals surface area contributed by atoms with Gasteiger partial charge in [-0.1, -0.05) is 97.6 Å². The summed E-state index contributed by atoms with van der Waals surface area (Å²) in [6.07, 6.45) is 30.5. The first kappa shape index (κ1) is 37.2. The van der Waals surface area contributed by atoms with Crippen LogP contribution in [0.2, 0.25) is 0 Å². The predicted molar refractivity (Wildman–Crippen MR) is 189 cm³/mol. The van der Waals surface area contributed by atoms with E-state index in [9.17, 15) is 4.79 Å². The molecule has 0 heterocycles. The maximum atomic E-state index is 12.8. The molecule has 0 aromatic rings. The molecule has 3 aliphatic carbocycles. The number of nitrogens with zero attached hydrogens (tertiary/aromatic N) is 1. The molecule has 2 saturated carbocycles. The number of nitrogens with one attached hydrogen (secondary N) is 1. The zero-order chi connectivity index (χ0) is 32.0. The van der Waals surface area contributed by atoms with Crippen LogP contribution in [0, 0.1) is 34.5 Å². The van der Waals surface area contributed by atoms with E-state index in [-0.39, 0.29) is 12.1 Å². The zero-order valence-corrected chi connectivity index (χ0v) is 30.2. The molecule has 0 radical (unpaired) electrons. The molecule has 0 bridgehead atoms. The zero-order valence-electron chi connectivity index (χ0n) is 30.2. The highest BCUT2D eigenvalue weighted by molar-refractivity contribution is 5.81. The summed E-state index contributed by atoms with van der Waals surface area (Å²) >= 11 is 0. The fourth-order valence-electron chi connectivity index (χ4n) is 9.40. The summed E-state index contributed by atoms with van der Waals surface area (Å²) in [4.78, 5) is 15.0. The predicted octanol–water partition coefficient (Wildman–Crippen LogP) is 10.5. The normalized spacial score (nSPS) is 29.0. The number of ether oxygens (including phenoxy) is 1. The Morgan fingerprint density at radius 1 is 1.02 bits per heavy atom. The first-order valence-electron chi connectivity index (χ1n) is 19.0. The average Bonchev–Trinajstić information content (AvgIpc) is 3.31. The monoisotopic (exact) mass is 613 g/mol. The number of hydrogen-bond acceptors (Lipinski definition) is 4. The maximum absolute atomic E-state index is 12.8. The molecule has 0 spiro atoms. The maximum Gasteiger partial charge on any atom is 0.332 e. The van der Waals surface area contributed by atoms with Gasteiger partial charge in [0.1, 0.15) is 6.10 Å². The van der Waals surface area contributed by atoms with Gasteiger partial charge in [0.05, 0.1) is 0 Å². The summed E-state index contributed by atoms with van der Waals surface area (Å²) in [6.45, 7) is 14.3. The fourth-order valence-corrected chi connectivity index (χ4v) is 9.40. The van der Waals surface area contributed by atoms with Crippen LogP contribution in [0.5, 0.6) is 0 Å². The van der Waals surface area contributed by atoms with Crippen LogP contribution in [0.15, 0.2) is 23.9 Å². The van der Waals surface area contributed by atoms with Gasteiger partial charge in [0.25, 0.3) is 0 Å². The SMILES string of the molecule is CCCC(CC1=CCC2C3CCC(CCCCC(C)C)C3(C)CCC2(C)C1)OC(=O)/C=C/N(C)CCCCCCCCNC. The molecule has 0 amide bonds. The number of esters is 1. The molecule has 6 atom stereocenters. The van der Waals surface area contributed by atoms with Gasteiger partial charge in [-0.05, 0) is 112 Å². The minimum Gasteiger partial charge on any atom is -0.459 e. The number of carbonyl (C=O) groups excluding carboxylic acids is 1. The van der Waals surface area contributed by atoms with Crippen LogP contribution < -0.4 is 5.32 Å². The molecule has 0 aromatic heterocycles. The van der Waals surface area contributed by atoms with Crippen molar-refractivity contribution >= 4 is 5.97 Å². The number of carbonyl (C=O) groups is 1. The minimum absolute atomic E-state index is 0.00711. The number of fused-ring (bicyclic) bond motifs is 3. The highest BCUT2D eigenvalue weighted by Gasteiger charge is 2.57. The minimum atomic E-state index is -0.181. The van der Waals surface area contributed by atoms with Crippen molar-refractivity contribution in [1.82, 2.24) is 10.2 Å². The van der Waals surface area contributed by atoms with E-state index in [1.807, 2.05) is 13.2 Å². The second-order valence-electron chi connectivity index (χ2n) is 16.2. The van der Waals surface area contributed by atoms with Crippen LogP contribution in [0.3, 0.4) is 0 Å². The molecular formula is C40H72N2O2. The van der Waals surface area contributed by atoms with E-state index in [1.54, 1.807) is 11.6 Å². The second kappa shape index (κ2) is 18.8. The summed E-state index contributed by atoms with van der Waals surface area (Å²) in [5, 5.41) is 3.22. The smallest absolute Gasteiger partial charge is 0.332 e. The van der Waals surface area contributed by atoms with Crippen molar-refractivity contribution in [2.75, 3.05) is 27.2 Å². The lowest BCUT2D eigenvalue weighted by Gasteiger charge is -2.56. The molecule has 4 nitrogen and oxygen atoms in total. The lowest BCUT2D eigenvalue weighted by Crippen LogP contribution is -2.47. The molecule has 3 rings (SSSR count). The third-order valence-corrected chi connectivity index (χ3v) is 12.1. The van der Waals surface area contributed by atoms with Gasteiger partial charge in [0.15, 0.2) is 0 Å². The van der Waals surface area contributed by atoms with E-state index in [2.05, 4.69) is 58.0 Å². The molecular weight excluding hydrogens is 540 g/mol. The summed E-state index contributed by atoms with van der Waals surface area (Å²) in [5.74, 6) is 3.32. The van der Waals surface area contributed by atoms with Crippen molar-refractivity contribution in [2.45, 2.75) is 163 Å². The van der Waals surface area contributed by atoms with E-state index in [0.717, 1.165) is 56.0 Å². The van der Waals surface area contributed by atoms with Crippen LogP contribution >= 0.6 is 0 Å². The number of allylic oxidation sites excluding steroid dienone is 1. The molecule has 254 valence electrons. The van der Waals surface area contributed by atoms with Gasteiger partial charge >= 0.3 is 5.97 Å². The third-order valence-electron chi connectivity index (χ3n) is 12.1. The Balaban J connectivity index is 1.45. The van der Waals surface area contributed by atoms with Crippen molar-refractivity contribution in [2.24, 2.45) is 34.5 Å². The standard InChI is InChI=1S/C40H72N2O2/c1-8-17-35(44-38(43)24-29-42(7)28-16-12-10-9-11-15-27-41-6)30-33-20-22-36-37-23-21-34(19-14-13-18-32(2)3)40(37,5)26-25-39(36,4)31-33/h20,24,29,32,34-37,41H,8-19,21-23,25-28,30-31H2,1-7H3/b29-24+. The van der Waals surface area contributed by atoms with Crippen LogP contribution in [-0.2, 0) is 9.53 Å². The average molecular weight is 613 g/mol. The molecule has 0 aliphatic heterocycles. The Bertz CT molecular complexity index is 896. The molecule has 6 unspecified atom stereocenters. The van der Waals surface area contributed by atoms with Gasteiger partial charge in [-0.25, -0.2) is 4.79 Å². The Morgan fingerprint density at radius 3 is 2.50 bits per heavy atom. The van der Waals surface area contributed by atoms with Gasteiger partial charge in [-0.3, -0.25) is 0 Å². The van der Waals surface area contributed by atoms with Crippen LogP contribution in [0.1, 0.15) is 157 Å². The Morgan fingerprint density at radius 2 is 1.77 bits per heavy atom. The summed E-state index contributed by atoms with van der Waals surface area (Å²) < 4.78 is 6.07. The molecule has 1 N–H and O–H groups in total. The van der Waals surface area contributed by atoms with Gasteiger partial charge in [-0.2, -0.15) is 0 Å². The topological polar surface area (TPSA) is 41.6 Å². The number of unbranched alkanes of at least 4 members (excludes halogenated alkanes) is 6. The summed E-state index contributed by atoms with van der Waals surface area (Å²) in [6, 6.07) is 0. The highest BCUT2D eigenvalue weighted by Crippen LogP contribution is 2.66. The second-order valence-corrected chi connectivity index (χ2v) is 16.2. The fraction of sp³-hybridized carbons (Fsp3) is 0.875. The number of hydrogen-bond donors (Lipinski definition) is 1. The quantitative estimate of drug-likeness (QED) is 0.0606. The largest absolute Gasteiger partial charge is 0.459 e. The van der Waals surface area contributed by atoms with E-state index in [1.165, 1.54) is 103 Å². The lowest BCUT2D eigenvalue weighted by atomic mass is 9.49. The molecule has 0 aromatic carbocycles. The first-order chi connectivity index (χ1) is 21.1. The van der Waals surface area contributed by atoms with Crippen molar-refractivity contribution < 1.29 is 9.53 Å². The summed E-state index contributed by atoms with van der Waals surface area (Å²) in [5.41, 5.74) is 2.52. The van der Waals surface area contributed by atoms with Crippen LogP contribution in [-0.4, -0.2) is 44.2 Å². The number of rotatable bonds is 21. The molecule has 0 saturated heterocycles. The molecule has 4 heteroatoms. The van der Waals surface area contributed by atoms with Crippen LogP contribution in [0.4, 0.5) is 0 Å². The Kier molecular flexibility index (Phi) is 15.8. The molecule has 44 heavy (non-hydrogen) atoms. The van der Waals surface area contributed by atoms with E-state index >= 15 is 0 Å². The van der Waals surface area contributed by atoms with Gasteiger partial charge < -0.3 is 15.0 Å². The van der Waals surface area contributed by atoms with Crippen molar-refractivity contribution in [3.63, 3.8) is 0 Å². The van der Waals surface area contributed by atoms with Gasteiger partial charge in [0, 0.05) is 32.3 Å².